The van der Waals surface area contributed by atoms with Crippen molar-refractivity contribution >= 4 is 17.9 Å². The predicted octanol–water partition coefficient (Wildman–Crippen LogP) is 5.37. The summed E-state index contributed by atoms with van der Waals surface area (Å²) in [5, 5.41) is 12.6. The zero-order valence-electron chi connectivity index (χ0n) is 14.0. The minimum atomic E-state index is -0.962. The minimum absolute atomic E-state index is 0.224. The monoisotopic (exact) mass is 331 g/mol. The van der Waals surface area contributed by atoms with Crippen LogP contribution in [0.25, 0.3) is 5.76 Å². The summed E-state index contributed by atoms with van der Waals surface area (Å²) in [7, 11) is 0. The summed E-state index contributed by atoms with van der Waals surface area (Å²) in [4.78, 5) is 15.8. The van der Waals surface area contributed by atoms with Gasteiger partial charge >= 0.3 is 5.97 Å². The van der Waals surface area contributed by atoms with Crippen LogP contribution in [0, 0.1) is 0 Å². The number of allylic oxidation sites excluding steroid dienone is 4. The Morgan fingerprint density at radius 1 is 1.29 bits per heavy atom. The highest BCUT2D eigenvalue weighted by molar-refractivity contribution is 5.87. The van der Waals surface area contributed by atoms with E-state index in [1.807, 2.05) is 19.9 Å². The first-order chi connectivity index (χ1) is 11.3. The number of hydrogen-bond donors (Lipinski definition) is 1. The van der Waals surface area contributed by atoms with Crippen LogP contribution < -0.4 is 0 Å². The van der Waals surface area contributed by atoms with Crippen LogP contribution in [0.1, 0.15) is 36.2 Å². The molecule has 0 aliphatic carbocycles. The Morgan fingerprint density at radius 2 is 1.79 bits per heavy atom. The summed E-state index contributed by atoms with van der Waals surface area (Å²) in [6.45, 7) is 13.7. The standard InChI is InChI=1S/C15H17NO3.C4H5F/c1-4-5-11(2)10-16-19-12(3)13-6-8-14(9-7-13)15(17)18;1-3-4(2)5/h5-10H,3-4H2,1-2H3,(H,17,18);3H,1-2H2/b11-5+,16-10+;. The number of hydrogen-bond acceptors (Lipinski definition) is 3. The topological polar surface area (TPSA) is 58.9 Å². The lowest BCUT2D eigenvalue weighted by Crippen LogP contribution is -1.96. The summed E-state index contributed by atoms with van der Waals surface area (Å²) < 4.78 is 11.1. The first-order valence-corrected chi connectivity index (χ1v) is 7.18. The van der Waals surface area contributed by atoms with E-state index in [1.165, 1.54) is 12.1 Å². The Bertz CT molecular complexity index is 643. The van der Waals surface area contributed by atoms with Crippen LogP contribution in [-0.2, 0) is 4.84 Å². The molecule has 0 heterocycles. The molecule has 0 aliphatic rings. The van der Waals surface area contributed by atoms with Gasteiger partial charge in [-0.3, -0.25) is 0 Å². The van der Waals surface area contributed by atoms with Crippen molar-refractivity contribution in [3.05, 3.63) is 78.7 Å². The van der Waals surface area contributed by atoms with Crippen molar-refractivity contribution in [1.82, 2.24) is 0 Å². The number of carboxylic acid groups (broad SMARTS) is 1. The SMILES string of the molecule is C=C(O/N=C/C(C)=C/CC)c1ccc(C(=O)O)cc1.C=CC(=C)F. The second-order valence-electron chi connectivity index (χ2n) is 4.64. The van der Waals surface area contributed by atoms with Gasteiger partial charge in [0.2, 0.25) is 0 Å². The molecule has 0 radical (unpaired) electrons. The summed E-state index contributed by atoms with van der Waals surface area (Å²) in [5.74, 6) is -1.07. The normalized spacial score (nSPS) is 10.5. The molecule has 4 nitrogen and oxygen atoms in total. The number of carboxylic acids is 1. The molecule has 1 aromatic rings. The van der Waals surface area contributed by atoms with E-state index in [4.69, 9.17) is 9.94 Å². The third-order valence-electron chi connectivity index (χ3n) is 2.62. The van der Waals surface area contributed by atoms with E-state index in [9.17, 15) is 9.18 Å². The van der Waals surface area contributed by atoms with Gasteiger partial charge < -0.3 is 9.94 Å². The van der Waals surface area contributed by atoms with Crippen molar-refractivity contribution in [2.75, 3.05) is 0 Å². The maximum atomic E-state index is 11.1. The quantitative estimate of drug-likeness (QED) is 0.316. The lowest BCUT2D eigenvalue weighted by molar-refractivity contribution is 0.0697. The molecular weight excluding hydrogens is 309 g/mol. The Labute approximate surface area is 142 Å². The predicted molar refractivity (Wildman–Crippen MR) is 96.5 cm³/mol. The Hall–Kier alpha value is -2.95. The van der Waals surface area contributed by atoms with Crippen LogP contribution in [0.15, 0.2) is 72.7 Å². The second-order valence-corrected chi connectivity index (χ2v) is 4.64. The number of rotatable bonds is 7. The van der Waals surface area contributed by atoms with E-state index in [0.29, 0.717) is 11.3 Å². The second kappa shape index (κ2) is 11.6. The van der Waals surface area contributed by atoms with Crippen LogP contribution >= 0.6 is 0 Å². The summed E-state index contributed by atoms with van der Waals surface area (Å²) >= 11 is 0. The zero-order valence-corrected chi connectivity index (χ0v) is 14.0. The van der Waals surface area contributed by atoms with Gasteiger partial charge in [-0.15, -0.1) is 0 Å². The van der Waals surface area contributed by atoms with Crippen LogP contribution in [0.4, 0.5) is 4.39 Å². The summed E-state index contributed by atoms with van der Waals surface area (Å²) in [5.41, 5.74) is 1.93. The molecular formula is C19H22FNO3. The fourth-order valence-corrected chi connectivity index (χ4v) is 1.40. The maximum Gasteiger partial charge on any atom is 0.335 e. The van der Waals surface area contributed by atoms with E-state index in [0.717, 1.165) is 18.1 Å². The molecule has 0 saturated carbocycles. The maximum absolute atomic E-state index is 11.1. The molecule has 24 heavy (non-hydrogen) atoms. The van der Waals surface area contributed by atoms with Gasteiger partial charge in [-0.05, 0) is 37.1 Å². The highest BCUT2D eigenvalue weighted by Gasteiger charge is 2.04. The largest absolute Gasteiger partial charge is 0.478 e. The molecule has 0 bridgehead atoms. The average molecular weight is 331 g/mol. The number of benzene rings is 1. The lowest BCUT2D eigenvalue weighted by Gasteiger charge is -2.03. The molecule has 1 rings (SSSR count). The minimum Gasteiger partial charge on any atom is -0.478 e. The van der Waals surface area contributed by atoms with Crippen molar-refractivity contribution < 1.29 is 19.1 Å². The molecule has 0 aliphatic heterocycles. The number of halogens is 1. The molecule has 0 amide bonds. The third-order valence-corrected chi connectivity index (χ3v) is 2.62. The van der Waals surface area contributed by atoms with Crippen molar-refractivity contribution in [1.29, 1.82) is 0 Å². The summed E-state index contributed by atoms with van der Waals surface area (Å²) in [6.07, 6.45) is 5.63. The third kappa shape index (κ3) is 9.15. The highest BCUT2D eigenvalue weighted by atomic mass is 19.1. The number of aromatic carboxylic acids is 1. The molecule has 0 atom stereocenters. The number of oxime groups is 1. The molecule has 0 unspecified atom stereocenters. The van der Waals surface area contributed by atoms with E-state index in [2.05, 4.69) is 24.9 Å². The van der Waals surface area contributed by atoms with E-state index in [1.54, 1.807) is 18.3 Å². The molecule has 128 valence electrons. The smallest absolute Gasteiger partial charge is 0.335 e. The molecule has 0 aromatic heterocycles. The van der Waals surface area contributed by atoms with E-state index in [-0.39, 0.29) is 5.56 Å². The van der Waals surface area contributed by atoms with Gasteiger partial charge in [0.15, 0.2) is 5.76 Å². The Balaban J connectivity index is 0.000000922. The fraction of sp³-hybridized carbons (Fsp3) is 0.158. The van der Waals surface area contributed by atoms with Crippen molar-refractivity contribution in [2.24, 2.45) is 5.16 Å². The molecule has 0 spiro atoms. The zero-order chi connectivity index (χ0) is 18.5. The van der Waals surface area contributed by atoms with Gasteiger partial charge in [-0.1, -0.05) is 50.0 Å². The molecule has 1 aromatic carbocycles. The Kier molecular flexibility index (Phi) is 10.2. The van der Waals surface area contributed by atoms with Crippen molar-refractivity contribution in [3.8, 4) is 0 Å². The number of nitrogens with zero attached hydrogens (tertiary/aromatic N) is 1. The molecule has 1 N–H and O–H groups in total. The van der Waals surface area contributed by atoms with E-state index < -0.39 is 11.8 Å². The first kappa shape index (κ1) is 21.0. The summed E-state index contributed by atoms with van der Waals surface area (Å²) in [6, 6.07) is 6.27. The van der Waals surface area contributed by atoms with Crippen LogP contribution in [0.5, 0.6) is 0 Å². The molecule has 5 heteroatoms. The van der Waals surface area contributed by atoms with Gasteiger partial charge in [-0.25, -0.2) is 9.18 Å². The van der Waals surface area contributed by atoms with E-state index >= 15 is 0 Å². The van der Waals surface area contributed by atoms with Crippen LogP contribution in [0.2, 0.25) is 0 Å². The lowest BCUT2D eigenvalue weighted by atomic mass is 10.1. The van der Waals surface area contributed by atoms with Crippen LogP contribution in [-0.4, -0.2) is 17.3 Å². The van der Waals surface area contributed by atoms with Gasteiger partial charge in [0.25, 0.3) is 0 Å². The van der Waals surface area contributed by atoms with Gasteiger partial charge in [0.05, 0.1) is 11.8 Å². The van der Waals surface area contributed by atoms with Crippen molar-refractivity contribution in [2.45, 2.75) is 20.3 Å². The van der Waals surface area contributed by atoms with Gasteiger partial charge in [0, 0.05) is 5.56 Å². The molecule has 0 fully saturated rings. The van der Waals surface area contributed by atoms with Crippen LogP contribution in [0.3, 0.4) is 0 Å². The van der Waals surface area contributed by atoms with Gasteiger partial charge in [0.1, 0.15) is 5.83 Å². The number of carbonyl (C=O) groups is 1. The first-order valence-electron chi connectivity index (χ1n) is 7.18. The fourth-order valence-electron chi connectivity index (χ4n) is 1.40. The average Bonchev–Trinajstić information content (AvgIpc) is 2.55. The van der Waals surface area contributed by atoms with Gasteiger partial charge in [-0.2, -0.15) is 0 Å². The highest BCUT2D eigenvalue weighted by Crippen LogP contribution is 2.15. The Morgan fingerprint density at radius 3 is 2.21 bits per heavy atom. The van der Waals surface area contributed by atoms with Crippen molar-refractivity contribution in [3.63, 3.8) is 0 Å². The molecule has 0 saturated heterocycles.